The van der Waals surface area contributed by atoms with Crippen LogP contribution in [0.25, 0.3) is 0 Å². The number of hydrogen-bond donors (Lipinski definition) is 3. The monoisotopic (exact) mass is 379 g/mol. The molecule has 0 aliphatic rings. The van der Waals surface area contributed by atoms with Gasteiger partial charge in [0.15, 0.2) is 0 Å². The second kappa shape index (κ2) is 19.4. The molecule has 0 fully saturated rings. The third-order valence-electron chi connectivity index (χ3n) is 0.198. The molecule has 0 unspecified atom stereocenters. The van der Waals surface area contributed by atoms with E-state index in [1.807, 2.05) is 0 Å². The minimum Gasteiger partial charge on any atom is -0.448 e. The van der Waals surface area contributed by atoms with Crippen LogP contribution >= 0.6 is 0 Å². The van der Waals surface area contributed by atoms with Crippen molar-refractivity contribution in [3.63, 3.8) is 0 Å². The molecular weight excluding hydrogens is 376 g/mol. The summed E-state index contributed by atoms with van der Waals surface area (Å²) >= 11 is 0. The Balaban J connectivity index is -0.0000000655. The van der Waals surface area contributed by atoms with Crippen molar-refractivity contribution in [3.05, 3.63) is 0 Å². The molecule has 16 heavy (non-hydrogen) atoms. The third kappa shape index (κ3) is 77.4. The largest absolute Gasteiger partial charge is 0.542 e. The zero-order valence-electron chi connectivity index (χ0n) is 7.00. The van der Waals surface area contributed by atoms with E-state index in [-0.39, 0.29) is 35.6 Å². The predicted molar refractivity (Wildman–Crippen MR) is 30.7 cm³/mol. The molecule has 13 heteroatoms. The normalized spacial score (nSPS) is 6.19. The number of carbonyl (C=O) groups is 3. The summed E-state index contributed by atoms with van der Waals surface area (Å²) in [4.78, 5) is 32.8. The molecule has 0 spiro atoms. The van der Waals surface area contributed by atoms with Gasteiger partial charge in [-0.15, -0.1) is 0 Å². The first-order valence-corrected chi connectivity index (χ1v) is 2.36. The van der Waals surface area contributed by atoms with Crippen LogP contribution in [0.2, 0.25) is 0 Å². The molecule has 0 aromatic heterocycles. The predicted octanol–water partition coefficient (Wildman–Crippen LogP) is 1.70. The summed E-state index contributed by atoms with van der Waals surface area (Å²) in [6.45, 7) is 0. The number of halogens is 3. The van der Waals surface area contributed by atoms with E-state index in [1.165, 1.54) is 0 Å². The van der Waals surface area contributed by atoms with Gasteiger partial charge in [0.05, 0.1) is 0 Å². The molecule has 0 bridgehead atoms. The Hall–Kier alpha value is -1.21. The molecule has 0 aliphatic heterocycles. The fraction of sp³-hybridized carbons (Fsp3) is 0. The molecule has 0 rings (SSSR count). The van der Waals surface area contributed by atoms with Crippen molar-refractivity contribution in [2.75, 3.05) is 0 Å². The molecule has 0 heterocycles. The van der Waals surface area contributed by atoms with Crippen LogP contribution in [-0.4, -0.2) is 33.8 Å². The van der Waals surface area contributed by atoms with E-state index in [2.05, 4.69) is 14.8 Å². The number of hydrogen-bond acceptors (Lipinski definition) is 6. The molecule has 1 radical (unpaired) electrons. The smallest absolute Gasteiger partial charge is 0.448 e. The topological polar surface area (TPSA) is 140 Å². The maximum absolute atomic E-state index is 10.0. The van der Waals surface area contributed by atoms with Crippen LogP contribution in [0.5, 0.6) is 0 Å². The SMILES string of the molecule is O=C(O)OF.O=C(O)OF.O=C(O)OF.[La]. The van der Waals surface area contributed by atoms with Crippen molar-refractivity contribution in [2.45, 2.75) is 0 Å². The average Bonchev–Trinajstić information content (AvgIpc) is 2.19. The van der Waals surface area contributed by atoms with E-state index in [9.17, 15) is 13.6 Å². The van der Waals surface area contributed by atoms with Gasteiger partial charge in [-0.05, 0) is 0 Å². The molecule has 0 aromatic rings. The van der Waals surface area contributed by atoms with Crippen LogP contribution in [0.15, 0.2) is 0 Å². The van der Waals surface area contributed by atoms with Gasteiger partial charge in [-0.25, -0.2) is 29.2 Å². The van der Waals surface area contributed by atoms with Crippen LogP contribution in [0.3, 0.4) is 0 Å². The molecule has 0 aromatic carbocycles. The van der Waals surface area contributed by atoms with Crippen LogP contribution < -0.4 is 0 Å². The van der Waals surface area contributed by atoms with Crippen LogP contribution in [-0.2, 0) is 14.8 Å². The van der Waals surface area contributed by atoms with Crippen molar-refractivity contribution >= 4 is 18.5 Å². The van der Waals surface area contributed by atoms with E-state index in [0.29, 0.717) is 0 Å². The Morgan fingerprint density at radius 3 is 0.750 bits per heavy atom. The van der Waals surface area contributed by atoms with Crippen LogP contribution in [0.4, 0.5) is 28.0 Å². The maximum Gasteiger partial charge on any atom is 0.542 e. The minimum atomic E-state index is -1.91. The number of carboxylic acid groups (broad SMARTS) is 3. The van der Waals surface area contributed by atoms with E-state index < -0.39 is 18.5 Å². The first kappa shape index (κ1) is 24.2. The maximum atomic E-state index is 10.0. The summed E-state index contributed by atoms with van der Waals surface area (Å²) < 4.78 is 30.0. The summed E-state index contributed by atoms with van der Waals surface area (Å²) in [6.07, 6.45) is -5.74. The third-order valence-corrected chi connectivity index (χ3v) is 0.198. The van der Waals surface area contributed by atoms with E-state index >= 15 is 0 Å². The van der Waals surface area contributed by atoms with E-state index in [1.54, 1.807) is 0 Å². The van der Waals surface area contributed by atoms with E-state index in [0.717, 1.165) is 0 Å². The summed E-state index contributed by atoms with van der Waals surface area (Å²) in [5.74, 6) is 0. The fourth-order valence-corrected chi connectivity index (χ4v) is 0. The zero-order chi connectivity index (χ0) is 12.9. The van der Waals surface area contributed by atoms with Gasteiger partial charge in [-0.2, -0.15) is 0 Å². The summed E-state index contributed by atoms with van der Waals surface area (Å²) in [5, 5.41) is 21.4. The van der Waals surface area contributed by atoms with Gasteiger partial charge in [-0.1, -0.05) is 0 Å². The molecule has 0 saturated carbocycles. The second-order valence-corrected chi connectivity index (χ2v) is 1.03. The number of rotatable bonds is 0. The summed E-state index contributed by atoms with van der Waals surface area (Å²) in [6, 6.07) is 0. The second-order valence-electron chi connectivity index (χ2n) is 1.03. The van der Waals surface area contributed by atoms with Gasteiger partial charge in [-0.3, -0.25) is 0 Å². The quantitative estimate of drug-likeness (QED) is 0.574. The Morgan fingerprint density at radius 2 is 0.750 bits per heavy atom. The Bertz CT molecular complexity index is 165. The van der Waals surface area contributed by atoms with Crippen molar-refractivity contribution in [2.24, 2.45) is 0 Å². The van der Waals surface area contributed by atoms with Crippen molar-refractivity contribution < 1.29 is 93.7 Å². The van der Waals surface area contributed by atoms with Crippen molar-refractivity contribution in [1.29, 1.82) is 0 Å². The Labute approximate surface area is 112 Å². The first-order chi connectivity index (χ1) is 6.81. The molecule has 0 aliphatic carbocycles. The van der Waals surface area contributed by atoms with Crippen molar-refractivity contribution in [1.82, 2.24) is 0 Å². The van der Waals surface area contributed by atoms with Gasteiger partial charge in [0, 0.05) is 49.2 Å². The minimum absolute atomic E-state index is 0. The molecule has 0 atom stereocenters. The average molecular weight is 379 g/mol. The Kier molecular flexibility index (Phi) is 29.3. The van der Waals surface area contributed by atoms with Gasteiger partial charge >= 0.3 is 18.5 Å². The first-order valence-electron chi connectivity index (χ1n) is 2.36. The summed E-state index contributed by atoms with van der Waals surface area (Å²) in [5.41, 5.74) is 0. The summed E-state index contributed by atoms with van der Waals surface area (Å²) in [7, 11) is 0. The standard InChI is InChI=1S/3CHFO3.La/c3*2-5-1(3)4;/h3*(H,3,4);. The molecule has 93 valence electrons. The van der Waals surface area contributed by atoms with Gasteiger partial charge in [0.2, 0.25) is 0 Å². The van der Waals surface area contributed by atoms with Crippen LogP contribution in [0.1, 0.15) is 0 Å². The molecule has 9 nitrogen and oxygen atoms in total. The molecule has 3 N–H and O–H groups in total. The van der Waals surface area contributed by atoms with Gasteiger partial charge in [0.25, 0.3) is 0 Å². The Morgan fingerprint density at radius 1 is 0.688 bits per heavy atom. The molecule has 0 amide bonds. The van der Waals surface area contributed by atoms with E-state index in [4.69, 9.17) is 29.7 Å². The zero-order valence-corrected chi connectivity index (χ0v) is 10.6. The molecular formula is C3H3F3LaO9. The van der Waals surface area contributed by atoms with Crippen molar-refractivity contribution in [3.8, 4) is 0 Å². The fourth-order valence-electron chi connectivity index (χ4n) is 0. The van der Waals surface area contributed by atoms with Crippen LogP contribution in [0, 0.1) is 35.6 Å². The molecule has 0 saturated heterocycles. The van der Waals surface area contributed by atoms with Gasteiger partial charge in [0.1, 0.15) is 0 Å². The van der Waals surface area contributed by atoms with Gasteiger partial charge < -0.3 is 15.3 Å².